The molecular formula is C12H11BrClNO3S2. The zero-order valence-corrected chi connectivity index (χ0v) is 14.5. The Morgan fingerprint density at radius 2 is 1.95 bits per heavy atom. The van der Waals surface area contributed by atoms with E-state index in [9.17, 15) is 13.5 Å². The van der Waals surface area contributed by atoms with E-state index >= 15 is 0 Å². The fraction of sp³-hybridized carbons (Fsp3) is 0.167. The highest BCUT2D eigenvalue weighted by Crippen LogP contribution is 2.35. The highest BCUT2D eigenvalue weighted by molar-refractivity contribution is 9.11. The molecule has 1 aromatic heterocycles. The molecule has 1 aromatic carbocycles. The molecule has 4 nitrogen and oxygen atoms in total. The molecule has 0 spiro atoms. The van der Waals surface area contributed by atoms with E-state index in [1.165, 1.54) is 23.5 Å². The van der Waals surface area contributed by atoms with Gasteiger partial charge in [-0.25, -0.2) is 8.42 Å². The number of sulfonamides is 1. The average Bonchev–Trinajstić information content (AvgIpc) is 2.65. The van der Waals surface area contributed by atoms with Gasteiger partial charge in [0.2, 0.25) is 0 Å². The summed E-state index contributed by atoms with van der Waals surface area (Å²) >= 11 is 10.5. The number of aromatic hydroxyl groups is 1. The first-order valence-electron chi connectivity index (χ1n) is 5.48. The summed E-state index contributed by atoms with van der Waals surface area (Å²) in [6, 6.07) is 4.45. The Kier molecular flexibility index (Phi) is 4.34. The molecule has 0 saturated heterocycles. The molecule has 0 amide bonds. The van der Waals surface area contributed by atoms with Gasteiger partial charge in [-0.05, 0) is 53.5 Å². The highest BCUT2D eigenvalue weighted by Gasteiger charge is 2.21. The maximum Gasteiger partial charge on any atom is 0.263 e. The number of nitrogens with one attached hydrogen (secondary N) is 1. The molecule has 0 fully saturated rings. The van der Waals surface area contributed by atoms with Crippen LogP contribution in [0.2, 0.25) is 5.02 Å². The van der Waals surface area contributed by atoms with Crippen molar-refractivity contribution in [1.29, 1.82) is 0 Å². The monoisotopic (exact) mass is 395 g/mol. The molecule has 0 saturated carbocycles. The van der Waals surface area contributed by atoms with Crippen molar-refractivity contribution in [2.24, 2.45) is 0 Å². The summed E-state index contributed by atoms with van der Waals surface area (Å²) in [6.07, 6.45) is 0. The fourth-order valence-corrected chi connectivity index (χ4v) is 5.46. The Bertz CT molecular complexity index is 771. The molecule has 0 radical (unpaired) electrons. The van der Waals surface area contributed by atoms with Gasteiger partial charge in [0.25, 0.3) is 10.0 Å². The summed E-state index contributed by atoms with van der Waals surface area (Å²) in [5, 5.41) is 10.3. The number of hydrogen-bond donors (Lipinski definition) is 2. The van der Waals surface area contributed by atoms with E-state index in [4.69, 9.17) is 11.6 Å². The molecule has 2 rings (SSSR count). The summed E-state index contributed by atoms with van der Waals surface area (Å²) < 4.78 is 27.7. The Labute approximate surface area is 134 Å². The normalized spacial score (nSPS) is 11.6. The van der Waals surface area contributed by atoms with E-state index in [0.717, 1.165) is 3.79 Å². The number of thiophene rings is 1. The fourth-order valence-electron chi connectivity index (χ4n) is 1.71. The highest BCUT2D eigenvalue weighted by atomic mass is 79.9. The minimum absolute atomic E-state index is 0.0664. The molecule has 108 valence electrons. The van der Waals surface area contributed by atoms with Crippen LogP contribution >= 0.6 is 38.9 Å². The number of hydrogen-bond acceptors (Lipinski definition) is 4. The predicted molar refractivity (Wildman–Crippen MR) is 85.4 cm³/mol. The van der Waals surface area contributed by atoms with Gasteiger partial charge in [-0.1, -0.05) is 11.6 Å². The van der Waals surface area contributed by atoms with Gasteiger partial charge < -0.3 is 5.11 Å². The SMILES string of the molecule is Cc1cc(Cl)cc(NS(=O)(=O)c2cc(Br)sc2C)c1O. The summed E-state index contributed by atoms with van der Waals surface area (Å²) in [6.45, 7) is 3.36. The molecule has 0 aliphatic rings. The van der Waals surface area contributed by atoms with Crippen molar-refractivity contribution in [3.05, 3.63) is 37.4 Å². The maximum absolute atomic E-state index is 12.3. The van der Waals surface area contributed by atoms with Gasteiger partial charge >= 0.3 is 0 Å². The van der Waals surface area contributed by atoms with Crippen LogP contribution in [-0.4, -0.2) is 13.5 Å². The van der Waals surface area contributed by atoms with Gasteiger partial charge in [0, 0.05) is 9.90 Å². The van der Waals surface area contributed by atoms with Crippen LogP contribution in [-0.2, 0) is 10.0 Å². The zero-order chi connectivity index (χ0) is 15.1. The number of phenolic OH excluding ortho intramolecular Hbond substituents is 1. The van der Waals surface area contributed by atoms with Crippen LogP contribution in [0.1, 0.15) is 10.4 Å². The van der Waals surface area contributed by atoms with Crippen LogP contribution in [0, 0.1) is 13.8 Å². The Hall–Kier alpha value is -0.760. The minimum atomic E-state index is -3.77. The van der Waals surface area contributed by atoms with Crippen LogP contribution < -0.4 is 4.72 Å². The third-order valence-corrected chi connectivity index (χ3v) is 6.03. The zero-order valence-electron chi connectivity index (χ0n) is 10.6. The first-order chi connectivity index (χ1) is 9.20. The standard InChI is InChI=1S/C12H11BrClNO3S2/c1-6-3-8(14)4-9(12(6)16)15-20(17,18)10-5-11(13)19-7(10)2/h3-5,15-16H,1-2H3. The molecule has 20 heavy (non-hydrogen) atoms. The summed E-state index contributed by atoms with van der Waals surface area (Å²) in [5.41, 5.74) is 0.565. The second-order valence-electron chi connectivity index (χ2n) is 4.20. The van der Waals surface area contributed by atoms with Crippen molar-refractivity contribution in [2.45, 2.75) is 18.7 Å². The predicted octanol–water partition coefficient (Wildman–Crippen LogP) is 4.29. The smallest absolute Gasteiger partial charge is 0.263 e. The van der Waals surface area contributed by atoms with Crippen LogP contribution in [0.5, 0.6) is 5.75 Å². The van der Waals surface area contributed by atoms with Crippen molar-refractivity contribution in [3.8, 4) is 5.75 Å². The van der Waals surface area contributed by atoms with Gasteiger partial charge in [0.1, 0.15) is 10.6 Å². The summed E-state index contributed by atoms with van der Waals surface area (Å²) in [7, 11) is -3.77. The van der Waals surface area contributed by atoms with Crippen molar-refractivity contribution in [3.63, 3.8) is 0 Å². The van der Waals surface area contributed by atoms with E-state index in [-0.39, 0.29) is 16.3 Å². The van der Waals surface area contributed by atoms with Crippen molar-refractivity contribution < 1.29 is 13.5 Å². The number of phenols is 1. The largest absolute Gasteiger partial charge is 0.505 e. The molecule has 0 atom stereocenters. The molecule has 0 unspecified atom stereocenters. The Morgan fingerprint density at radius 3 is 2.50 bits per heavy atom. The van der Waals surface area contributed by atoms with Crippen molar-refractivity contribution in [1.82, 2.24) is 0 Å². The van der Waals surface area contributed by atoms with Gasteiger partial charge in [-0.2, -0.15) is 0 Å². The number of halogens is 2. The van der Waals surface area contributed by atoms with Crippen molar-refractivity contribution >= 4 is 54.6 Å². The number of anilines is 1. The topological polar surface area (TPSA) is 66.4 Å². The summed E-state index contributed by atoms with van der Waals surface area (Å²) in [5.74, 6) is -0.134. The number of benzene rings is 1. The van der Waals surface area contributed by atoms with Gasteiger partial charge in [-0.3, -0.25) is 4.72 Å². The van der Waals surface area contributed by atoms with Crippen LogP contribution in [0.25, 0.3) is 0 Å². The van der Waals surface area contributed by atoms with E-state index in [2.05, 4.69) is 20.7 Å². The lowest BCUT2D eigenvalue weighted by molar-refractivity contribution is 0.473. The molecule has 0 aliphatic heterocycles. The molecular weight excluding hydrogens is 386 g/mol. The minimum Gasteiger partial charge on any atom is -0.505 e. The number of aryl methyl sites for hydroxylation is 2. The van der Waals surface area contributed by atoms with E-state index in [1.807, 2.05) is 0 Å². The first kappa shape index (κ1) is 15.6. The second kappa shape index (κ2) is 5.55. The quantitative estimate of drug-likeness (QED) is 0.761. The molecule has 1 heterocycles. The van der Waals surface area contributed by atoms with Crippen LogP contribution in [0.3, 0.4) is 0 Å². The second-order valence-corrected chi connectivity index (χ2v) is 8.92. The van der Waals surface area contributed by atoms with E-state index < -0.39 is 10.0 Å². The Morgan fingerprint density at radius 1 is 1.30 bits per heavy atom. The molecule has 2 N–H and O–H groups in total. The lowest BCUT2D eigenvalue weighted by Crippen LogP contribution is -2.13. The maximum atomic E-state index is 12.3. The first-order valence-corrected chi connectivity index (χ1v) is 8.95. The number of rotatable bonds is 3. The summed E-state index contributed by atoms with van der Waals surface area (Å²) in [4.78, 5) is 0.828. The van der Waals surface area contributed by atoms with Gasteiger partial charge in [-0.15, -0.1) is 11.3 Å². The van der Waals surface area contributed by atoms with Crippen LogP contribution in [0.4, 0.5) is 5.69 Å². The third-order valence-electron chi connectivity index (χ3n) is 2.64. The Balaban J connectivity index is 2.46. The van der Waals surface area contributed by atoms with Crippen LogP contribution in [0.15, 0.2) is 26.9 Å². The molecule has 8 heteroatoms. The van der Waals surface area contributed by atoms with E-state index in [1.54, 1.807) is 19.9 Å². The molecule has 0 bridgehead atoms. The average molecular weight is 397 g/mol. The van der Waals surface area contributed by atoms with Gasteiger partial charge in [0.15, 0.2) is 0 Å². The lowest BCUT2D eigenvalue weighted by atomic mass is 10.2. The third kappa shape index (κ3) is 3.11. The molecule has 2 aromatic rings. The van der Waals surface area contributed by atoms with Crippen molar-refractivity contribution in [2.75, 3.05) is 4.72 Å². The lowest BCUT2D eigenvalue weighted by Gasteiger charge is -2.11. The van der Waals surface area contributed by atoms with Gasteiger partial charge in [0.05, 0.1) is 9.47 Å². The molecule has 0 aliphatic carbocycles. The van der Waals surface area contributed by atoms with E-state index in [0.29, 0.717) is 15.5 Å².